The third-order valence-electron chi connectivity index (χ3n) is 5.10. The van der Waals surface area contributed by atoms with Crippen LogP contribution in [-0.4, -0.2) is 29.9 Å². The SMILES string of the molecule is N#Cc1nc(-c2ccc[nH]2)c(-c2ccc(C(c3ccc[nH]3)c3ccc[nH]3)[nH]2)nc1C#N. The van der Waals surface area contributed by atoms with Crippen LogP contribution in [0.2, 0.25) is 0 Å². The molecule has 5 aromatic rings. The Labute approximate surface area is 177 Å². The minimum atomic E-state index is -0.0607. The number of nitrogens with one attached hydrogen (secondary N) is 4. The first kappa shape index (κ1) is 18.2. The molecule has 0 fully saturated rings. The lowest BCUT2D eigenvalue weighted by Crippen LogP contribution is -2.05. The van der Waals surface area contributed by atoms with Crippen molar-refractivity contribution >= 4 is 0 Å². The zero-order valence-corrected chi connectivity index (χ0v) is 16.2. The van der Waals surface area contributed by atoms with Crippen LogP contribution in [0.25, 0.3) is 22.8 Å². The second-order valence-electron chi connectivity index (χ2n) is 6.94. The van der Waals surface area contributed by atoms with E-state index in [1.54, 1.807) is 6.20 Å². The van der Waals surface area contributed by atoms with E-state index in [4.69, 9.17) is 0 Å². The summed E-state index contributed by atoms with van der Waals surface area (Å²) in [5, 5.41) is 18.8. The highest BCUT2D eigenvalue weighted by molar-refractivity contribution is 5.75. The molecular formula is C23H16N8. The van der Waals surface area contributed by atoms with Crippen LogP contribution in [0.3, 0.4) is 0 Å². The molecule has 0 saturated heterocycles. The van der Waals surface area contributed by atoms with Gasteiger partial charge in [0.25, 0.3) is 0 Å². The van der Waals surface area contributed by atoms with Gasteiger partial charge in [-0.2, -0.15) is 10.5 Å². The third-order valence-corrected chi connectivity index (χ3v) is 5.10. The van der Waals surface area contributed by atoms with Gasteiger partial charge in [0.15, 0.2) is 11.4 Å². The van der Waals surface area contributed by atoms with E-state index in [1.807, 2.05) is 73.1 Å². The van der Waals surface area contributed by atoms with Gasteiger partial charge < -0.3 is 19.9 Å². The summed E-state index contributed by atoms with van der Waals surface area (Å²) < 4.78 is 0. The molecule has 0 radical (unpaired) electrons. The highest BCUT2D eigenvalue weighted by Gasteiger charge is 2.23. The largest absolute Gasteiger partial charge is 0.364 e. The first-order chi connectivity index (χ1) is 15.3. The molecule has 0 aromatic carbocycles. The van der Waals surface area contributed by atoms with Gasteiger partial charge in [0, 0.05) is 35.7 Å². The van der Waals surface area contributed by atoms with E-state index >= 15 is 0 Å². The maximum atomic E-state index is 9.46. The number of rotatable bonds is 5. The van der Waals surface area contributed by atoms with Gasteiger partial charge in [0.1, 0.15) is 23.5 Å². The van der Waals surface area contributed by atoms with E-state index in [-0.39, 0.29) is 17.3 Å². The molecule has 0 aliphatic rings. The van der Waals surface area contributed by atoms with Crippen molar-refractivity contribution in [1.82, 2.24) is 29.9 Å². The number of hydrogen-bond acceptors (Lipinski definition) is 4. The van der Waals surface area contributed by atoms with Gasteiger partial charge in [-0.3, -0.25) is 0 Å². The van der Waals surface area contributed by atoms with Crippen LogP contribution in [0.1, 0.15) is 34.4 Å². The Balaban J connectivity index is 1.66. The molecule has 5 aromatic heterocycles. The monoisotopic (exact) mass is 404 g/mol. The molecule has 0 spiro atoms. The van der Waals surface area contributed by atoms with Crippen molar-refractivity contribution in [1.29, 1.82) is 10.5 Å². The highest BCUT2D eigenvalue weighted by atomic mass is 14.9. The lowest BCUT2D eigenvalue weighted by molar-refractivity contribution is 0.868. The molecule has 0 aliphatic heterocycles. The Morgan fingerprint density at radius 2 is 1.23 bits per heavy atom. The molecular weight excluding hydrogens is 388 g/mol. The Bertz CT molecular complexity index is 1360. The molecule has 8 heteroatoms. The maximum absolute atomic E-state index is 9.46. The van der Waals surface area contributed by atoms with Gasteiger partial charge in [0.05, 0.1) is 17.3 Å². The highest BCUT2D eigenvalue weighted by Crippen LogP contribution is 2.33. The normalized spacial score (nSPS) is 10.8. The second kappa shape index (κ2) is 7.54. The first-order valence-corrected chi connectivity index (χ1v) is 9.60. The Kier molecular flexibility index (Phi) is 4.43. The standard InChI is InChI=1S/C23H16N8/c24-12-19-20(13-25)31-23(22(30-19)17-6-3-11-28-17)18-8-7-16(29-18)21(14-4-1-9-26-14)15-5-2-10-27-15/h1-11,21,26-29H. The molecule has 0 saturated carbocycles. The van der Waals surface area contributed by atoms with Crippen molar-refractivity contribution < 1.29 is 0 Å². The van der Waals surface area contributed by atoms with Crippen LogP contribution in [0, 0.1) is 22.7 Å². The van der Waals surface area contributed by atoms with Crippen molar-refractivity contribution in [3.05, 3.63) is 95.6 Å². The summed E-state index contributed by atoms with van der Waals surface area (Å²) in [5.74, 6) is -0.0607. The summed E-state index contributed by atoms with van der Waals surface area (Å²) in [5.41, 5.74) is 5.43. The Hall–Kier alpha value is -4.82. The third kappa shape index (κ3) is 3.18. The molecule has 0 unspecified atom stereocenters. The molecule has 31 heavy (non-hydrogen) atoms. The van der Waals surface area contributed by atoms with Crippen molar-refractivity contribution in [2.45, 2.75) is 5.92 Å². The van der Waals surface area contributed by atoms with E-state index in [0.717, 1.165) is 17.1 Å². The van der Waals surface area contributed by atoms with Crippen LogP contribution in [0.15, 0.2) is 67.1 Å². The lowest BCUT2D eigenvalue weighted by atomic mass is 9.98. The van der Waals surface area contributed by atoms with Gasteiger partial charge in [-0.15, -0.1) is 0 Å². The predicted octanol–water partition coefficient (Wildman–Crippen LogP) is 4.05. The molecule has 5 rings (SSSR count). The molecule has 8 nitrogen and oxygen atoms in total. The molecule has 4 N–H and O–H groups in total. The number of nitrogens with zero attached hydrogens (tertiary/aromatic N) is 4. The van der Waals surface area contributed by atoms with Gasteiger partial charge >= 0.3 is 0 Å². The number of aromatic amines is 4. The average molecular weight is 404 g/mol. The zero-order chi connectivity index (χ0) is 21.2. The molecule has 0 amide bonds. The first-order valence-electron chi connectivity index (χ1n) is 9.60. The molecule has 0 bridgehead atoms. The average Bonchev–Trinajstić information content (AvgIpc) is 3.61. The fourth-order valence-corrected chi connectivity index (χ4v) is 3.71. The topological polar surface area (TPSA) is 137 Å². The fourth-order valence-electron chi connectivity index (χ4n) is 3.71. The van der Waals surface area contributed by atoms with Crippen LogP contribution >= 0.6 is 0 Å². The summed E-state index contributed by atoms with van der Waals surface area (Å²) in [6.07, 6.45) is 5.56. The van der Waals surface area contributed by atoms with Crippen LogP contribution < -0.4 is 0 Å². The van der Waals surface area contributed by atoms with Gasteiger partial charge in [-0.25, -0.2) is 9.97 Å². The summed E-state index contributed by atoms with van der Waals surface area (Å²) in [6.45, 7) is 0. The van der Waals surface area contributed by atoms with Gasteiger partial charge in [0.2, 0.25) is 0 Å². The quantitative estimate of drug-likeness (QED) is 0.351. The maximum Gasteiger partial charge on any atom is 0.177 e. The van der Waals surface area contributed by atoms with Crippen molar-refractivity contribution in [2.75, 3.05) is 0 Å². The van der Waals surface area contributed by atoms with Gasteiger partial charge in [-0.05, 0) is 48.5 Å². The van der Waals surface area contributed by atoms with E-state index in [1.165, 1.54) is 0 Å². The van der Waals surface area contributed by atoms with Crippen LogP contribution in [0.5, 0.6) is 0 Å². The van der Waals surface area contributed by atoms with E-state index in [0.29, 0.717) is 22.8 Å². The number of aromatic nitrogens is 6. The van der Waals surface area contributed by atoms with Crippen LogP contribution in [0.4, 0.5) is 0 Å². The summed E-state index contributed by atoms with van der Waals surface area (Å²) >= 11 is 0. The zero-order valence-electron chi connectivity index (χ0n) is 16.2. The Morgan fingerprint density at radius 3 is 1.74 bits per heavy atom. The predicted molar refractivity (Wildman–Crippen MR) is 114 cm³/mol. The van der Waals surface area contributed by atoms with E-state index in [9.17, 15) is 10.5 Å². The van der Waals surface area contributed by atoms with E-state index in [2.05, 4.69) is 29.9 Å². The molecule has 0 aliphatic carbocycles. The van der Waals surface area contributed by atoms with E-state index < -0.39 is 0 Å². The van der Waals surface area contributed by atoms with Crippen molar-refractivity contribution in [3.63, 3.8) is 0 Å². The molecule has 0 atom stereocenters. The molecule has 148 valence electrons. The second-order valence-corrected chi connectivity index (χ2v) is 6.94. The number of H-pyrrole nitrogens is 4. The lowest BCUT2D eigenvalue weighted by Gasteiger charge is -2.13. The summed E-state index contributed by atoms with van der Waals surface area (Å²) in [6, 6.07) is 19.5. The Morgan fingerprint density at radius 1 is 0.645 bits per heavy atom. The minimum Gasteiger partial charge on any atom is -0.364 e. The smallest absolute Gasteiger partial charge is 0.177 e. The summed E-state index contributed by atoms with van der Waals surface area (Å²) in [4.78, 5) is 22.0. The van der Waals surface area contributed by atoms with Crippen LogP contribution in [-0.2, 0) is 0 Å². The van der Waals surface area contributed by atoms with Crippen molar-refractivity contribution in [3.8, 4) is 34.9 Å². The number of nitriles is 2. The van der Waals surface area contributed by atoms with Crippen molar-refractivity contribution in [2.24, 2.45) is 0 Å². The van der Waals surface area contributed by atoms with Gasteiger partial charge in [-0.1, -0.05) is 0 Å². The minimum absolute atomic E-state index is 0.00160. The fraction of sp³-hybridized carbons (Fsp3) is 0.0435. The summed E-state index contributed by atoms with van der Waals surface area (Å²) in [7, 11) is 0. The molecule has 5 heterocycles. The number of hydrogen-bond donors (Lipinski definition) is 4.